The number of hydrogen-bond acceptors (Lipinski definition) is 2. The molecule has 4 nitrogen and oxygen atoms in total. The second-order valence-electron chi connectivity index (χ2n) is 3.71. The fraction of sp³-hybridized carbons (Fsp3) is 0.167. The summed E-state index contributed by atoms with van der Waals surface area (Å²) in [5.41, 5.74) is 2.45. The highest BCUT2D eigenvalue weighted by molar-refractivity contribution is 6.54. The number of carboxylic acids is 1. The Morgan fingerprint density at radius 1 is 1.17 bits per heavy atom. The Balaban J connectivity index is 2.95. The third-order valence-corrected chi connectivity index (χ3v) is 3.02. The van der Waals surface area contributed by atoms with Crippen LogP contribution in [0.5, 0.6) is 0 Å². The van der Waals surface area contributed by atoms with Crippen LogP contribution in [0.15, 0.2) is 28.3 Å². The summed E-state index contributed by atoms with van der Waals surface area (Å²) >= 11 is 10.9. The first kappa shape index (κ1) is 14.5. The van der Waals surface area contributed by atoms with E-state index in [-0.39, 0.29) is 0 Å². The van der Waals surface area contributed by atoms with E-state index in [1.54, 1.807) is 6.07 Å². The Morgan fingerprint density at radius 3 is 2.28 bits per heavy atom. The molecule has 0 radical (unpaired) electrons. The smallest absolute Gasteiger partial charge is 0.349 e. The molecule has 0 fully saturated rings. The lowest BCUT2D eigenvalue weighted by atomic mass is 10.1. The van der Waals surface area contributed by atoms with E-state index in [0.717, 1.165) is 11.1 Å². The SMILES string of the molecule is Cc1ccc(NC(=O)/C(Cl)=C(\Cl)C(=O)O)c(C)c1. The van der Waals surface area contributed by atoms with Crippen LogP contribution < -0.4 is 5.32 Å². The summed E-state index contributed by atoms with van der Waals surface area (Å²) in [6.07, 6.45) is 0. The highest BCUT2D eigenvalue weighted by atomic mass is 35.5. The predicted octanol–water partition coefficient (Wildman–Crippen LogP) is 3.02. The maximum Gasteiger partial charge on any atom is 0.349 e. The Morgan fingerprint density at radius 2 is 1.78 bits per heavy atom. The van der Waals surface area contributed by atoms with E-state index >= 15 is 0 Å². The molecule has 0 heterocycles. The fourth-order valence-corrected chi connectivity index (χ4v) is 1.54. The minimum atomic E-state index is -1.45. The molecule has 1 aromatic carbocycles. The van der Waals surface area contributed by atoms with E-state index in [1.807, 2.05) is 26.0 Å². The van der Waals surface area contributed by atoms with Crippen LogP contribution in [0.4, 0.5) is 5.69 Å². The van der Waals surface area contributed by atoms with Gasteiger partial charge in [-0.25, -0.2) is 4.79 Å². The zero-order valence-corrected chi connectivity index (χ0v) is 11.3. The molecule has 0 aliphatic rings. The van der Waals surface area contributed by atoms with Crippen LogP contribution in [-0.4, -0.2) is 17.0 Å². The lowest BCUT2D eigenvalue weighted by Crippen LogP contribution is -2.15. The highest BCUT2D eigenvalue weighted by Gasteiger charge is 2.17. The molecule has 0 saturated heterocycles. The lowest BCUT2D eigenvalue weighted by Gasteiger charge is -2.08. The maximum atomic E-state index is 11.6. The molecule has 0 aliphatic heterocycles. The molecule has 1 aromatic rings. The highest BCUT2D eigenvalue weighted by Crippen LogP contribution is 2.20. The molecule has 0 saturated carbocycles. The van der Waals surface area contributed by atoms with Crippen molar-refractivity contribution in [1.29, 1.82) is 0 Å². The Kier molecular flexibility index (Phi) is 4.76. The number of benzene rings is 1. The van der Waals surface area contributed by atoms with Crippen LogP contribution in [0.25, 0.3) is 0 Å². The summed E-state index contributed by atoms with van der Waals surface area (Å²) in [7, 11) is 0. The number of hydrogen-bond donors (Lipinski definition) is 2. The van der Waals surface area contributed by atoms with Crippen molar-refractivity contribution in [3.63, 3.8) is 0 Å². The van der Waals surface area contributed by atoms with Gasteiger partial charge in [0.1, 0.15) is 10.1 Å². The number of carbonyl (C=O) groups excluding carboxylic acids is 1. The first-order valence-corrected chi connectivity index (χ1v) is 5.75. The van der Waals surface area contributed by atoms with E-state index < -0.39 is 21.9 Å². The van der Waals surface area contributed by atoms with Crippen LogP contribution in [-0.2, 0) is 9.59 Å². The minimum absolute atomic E-state index is 0.552. The zero-order valence-electron chi connectivity index (χ0n) is 9.75. The molecule has 1 amide bonds. The van der Waals surface area contributed by atoms with Gasteiger partial charge in [0.15, 0.2) is 0 Å². The normalized spacial score (nSPS) is 11.8. The topological polar surface area (TPSA) is 66.4 Å². The second kappa shape index (κ2) is 5.89. The van der Waals surface area contributed by atoms with Crippen molar-refractivity contribution in [2.75, 3.05) is 5.32 Å². The van der Waals surface area contributed by atoms with Crippen molar-refractivity contribution in [2.24, 2.45) is 0 Å². The second-order valence-corrected chi connectivity index (χ2v) is 4.46. The van der Waals surface area contributed by atoms with E-state index in [9.17, 15) is 9.59 Å². The Labute approximate surface area is 114 Å². The van der Waals surface area contributed by atoms with Gasteiger partial charge >= 0.3 is 5.97 Å². The van der Waals surface area contributed by atoms with Gasteiger partial charge in [-0.1, -0.05) is 40.9 Å². The van der Waals surface area contributed by atoms with Crippen molar-refractivity contribution in [3.8, 4) is 0 Å². The first-order valence-electron chi connectivity index (χ1n) is 5.00. The Bertz CT molecular complexity index is 538. The van der Waals surface area contributed by atoms with Crippen molar-refractivity contribution in [3.05, 3.63) is 39.4 Å². The lowest BCUT2D eigenvalue weighted by molar-refractivity contribution is -0.132. The van der Waals surface area contributed by atoms with Crippen LogP contribution in [0.3, 0.4) is 0 Å². The minimum Gasteiger partial charge on any atom is -0.477 e. The van der Waals surface area contributed by atoms with Crippen LogP contribution in [0, 0.1) is 13.8 Å². The number of carboxylic acid groups (broad SMARTS) is 1. The molecule has 1 rings (SSSR count). The summed E-state index contributed by atoms with van der Waals surface area (Å²) in [5, 5.41) is 9.84. The van der Waals surface area contributed by atoms with Crippen molar-refractivity contribution in [1.82, 2.24) is 0 Å². The Hall–Kier alpha value is -1.52. The monoisotopic (exact) mass is 287 g/mol. The van der Waals surface area contributed by atoms with Gasteiger partial charge in [0.2, 0.25) is 0 Å². The van der Waals surface area contributed by atoms with E-state index in [0.29, 0.717) is 5.69 Å². The molecule has 0 aromatic heterocycles. The molecule has 0 unspecified atom stereocenters. The average Bonchev–Trinajstić information content (AvgIpc) is 2.30. The van der Waals surface area contributed by atoms with Crippen LogP contribution >= 0.6 is 23.2 Å². The number of anilines is 1. The molecule has 18 heavy (non-hydrogen) atoms. The number of rotatable bonds is 3. The quantitative estimate of drug-likeness (QED) is 0.840. The number of amides is 1. The van der Waals surface area contributed by atoms with E-state index in [4.69, 9.17) is 28.3 Å². The summed E-state index contributed by atoms with van der Waals surface area (Å²) < 4.78 is 0. The molecule has 0 atom stereocenters. The predicted molar refractivity (Wildman–Crippen MR) is 70.9 cm³/mol. The largest absolute Gasteiger partial charge is 0.477 e. The van der Waals surface area contributed by atoms with Gasteiger partial charge in [0.05, 0.1) is 0 Å². The number of aliphatic carboxylic acids is 1. The van der Waals surface area contributed by atoms with E-state index in [1.165, 1.54) is 0 Å². The molecular weight excluding hydrogens is 277 g/mol. The molecule has 2 N–H and O–H groups in total. The summed E-state index contributed by atoms with van der Waals surface area (Å²) in [6.45, 7) is 3.74. The maximum absolute atomic E-state index is 11.6. The zero-order chi connectivity index (χ0) is 13.9. The molecule has 0 bridgehead atoms. The summed E-state index contributed by atoms with van der Waals surface area (Å²) in [4.78, 5) is 22.2. The van der Waals surface area contributed by atoms with Crippen molar-refractivity contribution < 1.29 is 14.7 Å². The van der Waals surface area contributed by atoms with Gasteiger partial charge in [-0.2, -0.15) is 0 Å². The van der Waals surface area contributed by atoms with Gasteiger partial charge < -0.3 is 10.4 Å². The van der Waals surface area contributed by atoms with Gasteiger partial charge in [0, 0.05) is 5.69 Å². The van der Waals surface area contributed by atoms with E-state index in [2.05, 4.69) is 5.32 Å². The van der Waals surface area contributed by atoms with Crippen molar-refractivity contribution >= 4 is 40.8 Å². The fourth-order valence-electron chi connectivity index (χ4n) is 1.32. The third kappa shape index (κ3) is 3.48. The number of carbonyl (C=O) groups is 2. The number of halogens is 2. The van der Waals surface area contributed by atoms with Gasteiger partial charge in [-0.05, 0) is 25.5 Å². The van der Waals surface area contributed by atoms with Crippen molar-refractivity contribution in [2.45, 2.75) is 13.8 Å². The molecule has 96 valence electrons. The van der Waals surface area contributed by atoms with Gasteiger partial charge in [-0.3, -0.25) is 4.79 Å². The molecule has 0 aliphatic carbocycles. The third-order valence-electron chi connectivity index (χ3n) is 2.21. The molecule has 6 heteroatoms. The van der Waals surface area contributed by atoms with Gasteiger partial charge in [0.25, 0.3) is 5.91 Å². The van der Waals surface area contributed by atoms with Crippen LogP contribution in [0.2, 0.25) is 0 Å². The van der Waals surface area contributed by atoms with Crippen LogP contribution in [0.1, 0.15) is 11.1 Å². The summed E-state index contributed by atoms with van der Waals surface area (Å²) in [6, 6.07) is 5.41. The number of aryl methyl sites for hydroxylation is 2. The van der Waals surface area contributed by atoms with Gasteiger partial charge in [-0.15, -0.1) is 0 Å². The summed E-state index contributed by atoms with van der Waals surface area (Å²) in [5.74, 6) is -2.20. The molecule has 0 spiro atoms. The molecular formula is C12H11Cl2NO3. The average molecular weight is 288 g/mol. The first-order chi connectivity index (χ1) is 8.32. The number of nitrogens with one attached hydrogen (secondary N) is 1. The standard InChI is InChI=1S/C12H11Cl2NO3/c1-6-3-4-8(7(2)5-6)15-11(16)9(13)10(14)12(17)18/h3-5H,1-2H3,(H,15,16)(H,17,18)/b10-9+.